The van der Waals surface area contributed by atoms with E-state index in [-0.39, 0.29) is 5.82 Å². The molecule has 0 heterocycles. The molecule has 0 aliphatic heterocycles. The lowest BCUT2D eigenvalue weighted by Gasteiger charge is -2.22. The molecule has 3 nitrogen and oxygen atoms in total. The maximum atomic E-state index is 13.8. The van der Waals surface area contributed by atoms with Gasteiger partial charge in [-0.15, -0.1) is 0 Å². The normalized spacial score (nSPS) is 12.9. The third-order valence-electron chi connectivity index (χ3n) is 2.42. The summed E-state index contributed by atoms with van der Waals surface area (Å²) in [5.74, 6) is -0.291. The highest BCUT2D eigenvalue weighted by atomic mass is 19.1. The van der Waals surface area contributed by atoms with Crippen molar-refractivity contribution in [2.24, 2.45) is 0 Å². The van der Waals surface area contributed by atoms with Gasteiger partial charge in [-0.1, -0.05) is 23.7 Å². The van der Waals surface area contributed by atoms with Gasteiger partial charge in [-0.2, -0.15) is 0 Å². The Labute approximate surface area is 108 Å². The van der Waals surface area contributed by atoms with E-state index < -0.39 is 17.7 Å². The second-order valence-corrected chi connectivity index (χ2v) is 5.35. The van der Waals surface area contributed by atoms with Gasteiger partial charge in [-0.25, -0.2) is 9.18 Å². The first-order valence-corrected chi connectivity index (χ1v) is 5.95. The van der Waals surface area contributed by atoms with E-state index in [9.17, 15) is 9.18 Å². The van der Waals surface area contributed by atoms with E-state index in [1.54, 1.807) is 53.7 Å². The predicted octanol–water partition coefficient (Wildman–Crippen LogP) is 1.67. The Kier molecular flexibility index (Phi) is 4.38. The average molecular weight is 251 g/mol. The number of nitrogens with one attached hydrogen (secondary N) is 1. The Morgan fingerprint density at radius 1 is 1.44 bits per heavy atom. The second kappa shape index (κ2) is 5.42. The molecule has 1 atom stereocenters. The minimum Gasteiger partial charge on any atom is -0.444 e. The second-order valence-electron chi connectivity index (χ2n) is 5.35. The van der Waals surface area contributed by atoms with Gasteiger partial charge in [0.25, 0.3) is 0 Å². The van der Waals surface area contributed by atoms with Crippen molar-refractivity contribution in [3.63, 3.8) is 0 Å². The number of hydrogen-bond acceptors (Lipinski definition) is 2. The van der Waals surface area contributed by atoms with E-state index in [2.05, 4.69) is 5.32 Å². The SMILES string of the molecule is Bc1cccc(C(C)NC(=O)OC(C)(C)C)c1F. The van der Waals surface area contributed by atoms with Crippen LogP contribution in [0.4, 0.5) is 9.18 Å². The first-order chi connectivity index (χ1) is 8.20. The van der Waals surface area contributed by atoms with Crippen LogP contribution in [0.2, 0.25) is 0 Å². The number of carbonyl (C=O) groups excluding carboxylic acids is 1. The lowest BCUT2D eigenvalue weighted by molar-refractivity contribution is 0.0507. The van der Waals surface area contributed by atoms with Crippen LogP contribution in [0.15, 0.2) is 18.2 Å². The van der Waals surface area contributed by atoms with Gasteiger partial charge in [0.2, 0.25) is 0 Å². The molecule has 18 heavy (non-hydrogen) atoms. The highest BCUT2D eigenvalue weighted by Crippen LogP contribution is 2.15. The van der Waals surface area contributed by atoms with E-state index in [1.807, 2.05) is 0 Å². The van der Waals surface area contributed by atoms with Crippen molar-refractivity contribution >= 4 is 19.4 Å². The van der Waals surface area contributed by atoms with Crippen molar-refractivity contribution < 1.29 is 13.9 Å². The largest absolute Gasteiger partial charge is 0.444 e. The van der Waals surface area contributed by atoms with Crippen molar-refractivity contribution in [1.29, 1.82) is 0 Å². The van der Waals surface area contributed by atoms with Crippen LogP contribution in [0.3, 0.4) is 0 Å². The number of alkyl carbamates (subject to hydrolysis) is 1. The third-order valence-corrected chi connectivity index (χ3v) is 2.42. The molecular weight excluding hydrogens is 232 g/mol. The Hall–Kier alpha value is -1.52. The molecule has 0 saturated heterocycles. The van der Waals surface area contributed by atoms with Crippen LogP contribution in [0, 0.1) is 5.82 Å². The monoisotopic (exact) mass is 251 g/mol. The maximum absolute atomic E-state index is 13.8. The molecule has 98 valence electrons. The van der Waals surface area contributed by atoms with Crippen LogP contribution in [0.5, 0.6) is 0 Å². The van der Waals surface area contributed by atoms with Crippen LogP contribution in [-0.4, -0.2) is 19.5 Å². The lowest BCUT2D eigenvalue weighted by atomic mass is 9.91. The molecule has 1 amide bonds. The number of hydrogen-bond donors (Lipinski definition) is 1. The van der Waals surface area contributed by atoms with Crippen molar-refractivity contribution in [3.05, 3.63) is 29.6 Å². The molecule has 1 aromatic rings. The lowest BCUT2D eigenvalue weighted by Crippen LogP contribution is -2.34. The van der Waals surface area contributed by atoms with E-state index >= 15 is 0 Å². The molecule has 0 aromatic heterocycles. The number of carbonyl (C=O) groups is 1. The quantitative estimate of drug-likeness (QED) is 0.812. The summed E-state index contributed by atoms with van der Waals surface area (Å²) in [5.41, 5.74) is 0.459. The molecular formula is C13H19BFNO2. The van der Waals surface area contributed by atoms with E-state index in [0.717, 1.165) is 0 Å². The molecule has 0 saturated carbocycles. The summed E-state index contributed by atoms with van der Waals surface area (Å²) >= 11 is 0. The molecule has 1 unspecified atom stereocenters. The number of benzene rings is 1. The van der Waals surface area contributed by atoms with Gasteiger partial charge in [0.15, 0.2) is 0 Å². The molecule has 5 heteroatoms. The topological polar surface area (TPSA) is 38.3 Å². The Morgan fingerprint density at radius 3 is 2.61 bits per heavy atom. The number of rotatable bonds is 2. The Balaban J connectivity index is 2.74. The van der Waals surface area contributed by atoms with Crippen molar-refractivity contribution in [2.75, 3.05) is 0 Å². The molecule has 1 aromatic carbocycles. The zero-order valence-electron chi connectivity index (χ0n) is 11.5. The molecule has 0 radical (unpaired) electrons. The summed E-state index contributed by atoms with van der Waals surface area (Å²) in [6.45, 7) is 7.07. The molecule has 0 spiro atoms. The van der Waals surface area contributed by atoms with Crippen molar-refractivity contribution in [2.45, 2.75) is 39.3 Å². The fourth-order valence-corrected chi connectivity index (χ4v) is 1.57. The van der Waals surface area contributed by atoms with Gasteiger partial charge in [0, 0.05) is 5.56 Å². The molecule has 0 aliphatic rings. The molecule has 1 rings (SSSR count). The van der Waals surface area contributed by atoms with Crippen molar-refractivity contribution in [1.82, 2.24) is 5.32 Å². The summed E-state index contributed by atoms with van der Waals surface area (Å²) in [6.07, 6.45) is -0.545. The maximum Gasteiger partial charge on any atom is 0.408 e. The summed E-state index contributed by atoms with van der Waals surface area (Å²) in [6, 6.07) is 4.68. The zero-order chi connectivity index (χ0) is 13.9. The highest BCUT2D eigenvalue weighted by molar-refractivity contribution is 6.32. The van der Waals surface area contributed by atoms with Crippen LogP contribution in [0.1, 0.15) is 39.3 Å². The van der Waals surface area contributed by atoms with Gasteiger partial charge in [0.05, 0.1) is 6.04 Å². The standard InChI is InChI=1S/C13H19BFNO2/c1-8(16-12(17)18-13(2,3)4)9-6-5-7-10(14)11(9)15/h5-8H,14H2,1-4H3,(H,16,17). The van der Waals surface area contributed by atoms with Crippen LogP contribution in [-0.2, 0) is 4.74 Å². The summed E-state index contributed by atoms with van der Waals surface area (Å²) in [7, 11) is 1.69. The van der Waals surface area contributed by atoms with Gasteiger partial charge in [-0.05, 0) is 27.7 Å². The molecule has 1 N–H and O–H groups in total. The highest BCUT2D eigenvalue weighted by Gasteiger charge is 2.19. The minimum atomic E-state index is -0.561. The fraction of sp³-hybridized carbons (Fsp3) is 0.462. The van der Waals surface area contributed by atoms with Gasteiger partial charge >= 0.3 is 6.09 Å². The summed E-state index contributed by atoms with van der Waals surface area (Å²) < 4.78 is 19.0. The van der Waals surface area contributed by atoms with Crippen LogP contribution < -0.4 is 10.8 Å². The summed E-state index contributed by atoms with van der Waals surface area (Å²) in [4.78, 5) is 11.6. The number of ether oxygens (including phenoxy) is 1. The van der Waals surface area contributed by atoms with E-state index in [4.69, 9.17) is 4.74 Å². The Bertz CT molecular complexity index is 443. The van der Waals surface area contributed by atoms with E-state index in [1.165, 1.54) is 0 Å². The zero-order valence-corrected chi connectivity index (χ0v) is 11.5. The smallest absolute Gasteiger partial charge is 0.408 e. The van der Waals surface area contributed by atoms with Crippen LogP contribution in [0.25, 0.3) is 0 Å². The Morgan fingerprint density at radius 2 is 2.06 bits per heavy atom. The number of halogens is 1. The third kappa shape index (κ3) is 4.06. The van der Waals surface area contributed by atoms with E-state index in [0.29, 0.717) is 11.0 Å². The number of amides is 1. The van der Waals surface area contributed by atoms with Gasteiger partial charge in [0.1, 0.15) is 19.3 Å². The molecule has 0 fully saturated rings. The first kappa shape index (κ1) is 14.5. The fourth-order valence-electron chi connectivity index (χ4n) is 1.57. The van der Waals surface area contributed by atoms with Gasteiger partial charge in [-0.3, -0.25) is 0 Å². The van der Waals surface area contributed by atoms with Gasteiger partial charge < -0.3 is 10.1 Å². The predicted molar refractivity (Wildman–Crippen MR) is 72.4 cm³/mol. The minimum absolute atomic E-state index is 0.291. The first-order valence-electron chi connectivity index (χ1n) is 5.95. The van der Waals surface area contributed by atoms with Crippen molar-refractivity contribution in [3.8, 4) is 0 Å². The van der Waals surface area contributed by atoms with Crippen LogP contribution >= 0.6 is 0 Å². The molecule has 0 aliphatic carbocycles. The summed E-state index contributed by atoms with van der Waals surface area (Å²) in [5, 5.41) is 2.62. The average Bonchev–Trinajstić information content (AvgIpc) is 2.18. The molecule has 0 bridgehead atoms.